The van der Waals surface area contributed by atoms with Gasteiger partial charge in [0.2, 0.25) is 5.91 Å². The molecule has 0 bridgehead atoms. The van der Waals surface area contributed by atoms with Crippen molar-refractivity contribution in [2.75, 3.05) is 13.7 Å². The number of hydrogen-bond acceptors (Lipinski definition) is 5. The van der Waals surface area contributed by atoms with Crippen molar-refractivity contribution in [1.29, 1.82) is 0 Å². The Morgan fingerprint density at radius 2 is 2.10 bits per heavy atom. The average Bonchev–Trinajstić information content (AvgIpc) is 2.92. The van der Waals surface area contributed by atoms with Crippen LogP contribution in [-0.2, 0) is 20.7 Å². The van der Waals surface area contributed by atoms with E-state index < -0.39 is 0 Å². The van der Waals surface area contributed by atoms with E-state index >= 15 is 0 Å². The maximum absolute atomic E-state index is 11.7. The molecule has 0 atom stereocenters. The highest BCUT2D eigenvalue weighted by Crippen LogP contribution is 2.22. The SMILES string of the molecule is COC(=O)CCCNC(=O)CCc1nc2ccccc2s1. The number of carbonyl (C=O) groups is 2. The van der Waals surface area contributed by atoms with Crippen LogP contribution >= 0.6 is 11.3 Å². The number of aromatic nitrogens is 1. The van der Waals surface area contributed by atoms with Crippen LogP contribution in [0.4, 0.5) is 0 Å². The minimum Gasteiger partial charge on any atom is -0.469 e. The van der Waals surface area contributed by atoms with Gasteiger partial charge in [-0.1, -0.05) is 12.1 Å². The largest absolute Gasteiger partial charge is 0.469 e. The number of thiazole rings is 1. The van der Waals surface area contributed by atoms with Crippen molar-refractivity contribution in [2.45, 2.75) is 25.7 Å². The minimum atomic E-state index is -0.251. The molecule has 2 aromatic rings. The lowest BCUT2D eigenvalue weighted by Crippen LogP contribution is -2.25. The summed E-state index contributed by atoms with van der Waals surface area (Å²) >= 11 is 1.62. The number of para-hydroxylation sites is 1. The first kappa shape index (κ1) is 15.4. The fourth-order valence-electron chi connectivity index (χ4n) is 1.90. The van der Waals surface area contributed by atoms with E-state index in [1.54, 1.807) is 11.3 Å². The molecule has 21 heavy (non-hydrogen) atoms. The van der Waals surface area contributed by atoms with Gasteiger partial charge in [-0.05, 0) is 18.6 Å². The number of rotatable bonds is 7. The summed E-state index contributed by atoms with van der Waals surface area (Å²) in [5.41, 5.74) is 0.982. The summed E-state index contributed by atoms with van der Waals surface area (Å²) in [5, 5.41) is 3.77. The number of carbonyl (C=O) groups excluding carboxylic acids is 2. The summed E-state index contributed by atoms with van der Waals surface area (Å²) in [5.74, 6) is -0.266. The monoisotopic (exact) mass is 306 g/mol. The molecule has 0 radical (unpaired) electrons. The van der Waals surface area contributed by atoms with Gasteiger partial charge < -0.3 is 10.1 Å². The molecule has 0 spiro atoms. The predicted molar refractivity (Wildman–Crippen MR) is 82.2 cm³/mol. The van der Waals surface area contributed by atoms with E-state index in [0.29, 0.717) is 32.2 Å². The maximum Gasteiger partial charge on any atom is 0.305 e. The van der Waals surface area contributed by atoms with Crippen molar-refractivity contribution in [2.24, 2.45) is 0 Å². The molecule has 1 heterocycles. The Bertz CT molecular complexity index is 591. The van der Waals surface area contributed by atoms with Crippen molar-refractivity contribution in [3.8, 4) is 0 Å². The molecule has 1 aromatic carbocycles. The molecule has 0 fully saturated rings. The molecule has 0 unspecified atom stereocenters. The van der Waals surface area contributed by atoms with Crippen molar-refractivity contribution >= 4 is 33.4 Å². The number of benzene rings is 1. The van der Waals surface area contributed by atoms with Crippen molar-refractivity contribution in [3.63, 3.8) is 0 Å². The highest BCUT2D eigenvalue weighted by Gasteiger charge is 2.07. The Balaban J connectivity index is 1.70. The number of nitrogens with one attached hydrogen (secondary N) is 1. The molecule has 6 heteroatoms. The number of nitrogens with zero attached hydrogens (tertiary/aromatic N) is 1. The standard InChI is InChI=1S/C15H18N2O3S/c1-20-15(19)7-4-10-16-13(18)8-9-14-17-11-5-2-3-6-12(11)21-14/h2-3,5-6H,4,7-10H2,1H3,(H,16,18). The summed E-state index contributed by atoms with van der Waals surface area (Å²) < 4.78 is 5.68. The van der Waals surface area contributed by atoms with E-state index in [9.17, 15) is 9.59 Å². The summed E-state index contributed by atoms with van der Waals surface area (Å²) in [6, 6.07) is 7.95. The molecule has 1 aromatic heterocycles. The van der Waals surface area contributed by atoms with Crippen LogP contribution < -0.4 is 5.32 Å². The van der Waals surface area contributed by atoms with E-state index in [-0.39, 0.29) is 11.9 Å². The predicted octanol–water partition coefficient (Wildman–Crippen LogP) is 2.30. The number of fused-ring (bicyclic) bond motifs is 1. The van der Waals surface area contributed by atoms with Crippen LogP contribution in [0, 0.1) is 0 Å². The van der Waals surface area contributed by atoms with Gasteiger partial charge in [0.15, 0.2) is 0 Å². The molecule has 0 saturated heterocycles. The van der Waals surface area contributed by atoms with Crippen molar-refractivity contribution in [3.05, 3.63) is 29.3 Å². The zero-order valence-corrected chi connectivity index (χ0v) is 12.7. The first-order valence-electron chi connectivity index (χ1n) is 6.87. The topological polar surface area (TPSA) is 68.3 Å². The average molecular weight is 306 g/mol. The molecule has 2 rings (SSSR count). The molecule has 5 nitrogen and oxygen atoms in total. The summed E-state index contributed by atoms with van der Waals surface area (Å²) in [6.45, 7) is 0.494. The lowest BCUT2D eigenvalue weighted by atomic mass is 10.2. The lowest BCUT2D eigenvalue weighted by Gasteiger charge is -2.03. The van der Waals surface area contributed by atoms with Crippen LogP contribution in [0.3, 0.4) is 0 Å². The van der Waals surface area contributed by atoms with Crippen LogP contribution in [0.2, 0.25) is 0 Å². The molecular formula is C15H18N2O3S. The fraction of sp³-hybridized carbons (Fsp3) is 0.400. The molecular weight excluding hydrogens is 288 g/mol. The second-order valence-corrected chi connectivity index (χ2v) is 5.72. The third-order valence-corrected chi connectivity index (χ3v) is 4.11. The number of ether oxygens (including phenoxy) is 1. The van der Waals surface area contributed by atoms with Gasteiger partial charge in [0.05, 0.1) is 22.3 Å². The maximum atomic E-state index is 11.7. The van der Waals surface area contributed by atoms with E-state index in [4.69, 9.17) is 0 Å². The Morgan fingerprint density at radius 3 is 2.86 bits per heavy atom. The molecule has 112 valence electrons. The van der Waals surface area contributed by atoms with Gasteiger partial charge in [-0.3, -0.25) is 9.59 Å². The number of methoxy groups -OCH3 is 1. The molecule has 0 saturated carbocycles. The zero-order chi connectivity index (χ0) is 15.1. The van der Waals surface area contributed by atoms with Gasteiger partial charge in [-0.2, -0.15) is 0 Å². The quantitative estimate of drug-likeness (QED) is 0.629. The summed E-state index contributed by atoms with van der Waals surface area (Å²) in [6.07, 6.45) is 1.98. The normalized spacial score (nSPS) is 10.5. The Morgan fingerprint density at radius 1 is 1.29 bits per heavy atom. The van der Waals surface area contributed by atoms with Crippen molar-refractivity contribution < 1.29 is 14.3 Å². The number of amides is 1. The van der Waals surface area contributed by atoms with Gasteiger partial charge in [-0.15, -0.1) is 11.3 Å². The van der Waals surface area contributed by atoms with Gasteiger partial charge in [0.25, 0.3) is 0 Å². The minimum absolute atomic E-state index is 0.0147. The van der Waals surface area contributed by atoms with E-state index in [0.717, 1.165) is 15.2 Å². The van der Waals surface area contributed by atoms with Crippen LogP contribution in [0.5, 0.6) is 0 Å². The van der Waals surface area contributed by atoms with Crippen LogP contribution in [0.1, 0.15) is 24.3 Å². The molecule has 0 aliphatic heterocycles. The van der Waals surface area contributed by atoms with E-state index in [1.165, 1.54) is 7.11 Å². The summed E-state index contributed by atoms with van der Waals surface area (Å²) in [4.78, 5) is 27.1. The van der Waals surface area contributed by atoms with Crippen LogP contribution in [0.25, 0.3) is 10.2 Å². The van der Waals surface area contributed by atoms with Gasteiger partial charge in [0.1, 0.15) is 0 Å². The van der Waals surface area contributed by atoms with Crippen LogP contribution in [0.15, 0.2) is 24.3 Å². The highest BCUT2D eigenvalue weighted by atomic mass is 32.1. The van der Waals surface area contributed by atoms with Crippen LogP contribution in [-0.4, -0.2) is 30.5 Å². The first-order valence-corrected chi connectivity index (χ1v) is 7.68. The number of aryl methyl sites for hydroxylation is 1. The highest BCUT2D eigenvalue weighted by molar-refractivity contribution is 7.18. The summed E-state index contributed by atoms with van der Waals surface area (Å²) in [7, 11) is 1.36. The third-order valence-electron chi connectivity index (χ3n) is 3.01. The Kier molecular flexibility index (Phi) is 5.68. The Labute approximate surface area is 127 Å². The molecule has 0 aliphatic rings. The van der Waals surface area contributed by atoms with Gasteiger partial charge in [-0.25, -0.2) is 4.98 Å². The molecule has 1 amide bonds. The second kappa shape index (κ2) is 7.73. The van der Waals surface area contributed by atoms with Gasteiger partial charge in [0, 0.05) is 25.8 Å². The number of esters is 1. The van der Waals surface area contributed by atoms with Crippen molar-refractivity contribution in [1.82, 2.24) is 10.3 Å². The smallest absolute Gasteiger partial charge is 0.305 e. The van der Waals surface area contributed by atoms with Gasteiger partial charge >= 0.3 is 5.97 Å². The lowest BCUT2D eigenvalue weighted by molar-refractivity contribution is -0.140. The Hall–Kier alpha value is -1.95. The van der Waals surface area contributed by atoms with E-state index in [1.807, 2.05) is 24.3 Å². The molecule has 1 N–H and O–H groups in total. The third kappa shape index (κ3) is 4.82. The van der Waals surface area contributed by atoms with E-state index in [2.05, 4.69) is 15.0 Å². The fourth-order valence-corrected chi connectivity index (χ4v) is 2.87. The second-order valence-electron chi connectivity index (χ2n) is 4.60. The number of hydrogen-bond donors (Lipinski definition) is 1. The molecule has 0 aliphatic carbocycles. The first-order chi connectivity index (χ1) is 10.2. The zero-order valence-electron chi connectivity index (χ0n) is 11.9.